The fourth-order valence-corrected chi connectivity index (χ4v) is 2.14. The van der Waals surface area contributed by atoms with Crippen LogP contribution in [0.25, 0.3) is 0 Å². The summed E-state index contributed by atoms with van der Waals surface area (Å²) >= 11 is 4.95. The van der Waals surface area contributed by atoms with Gasteiger partial charge in [-0.2, -0.15) is 0 Å². The Morgan fingerprint density at radius 2 is 2.00 bits per heavy atom. The zero-order valence-corrected chi connectivity index (χ0v) is 13.5. The summed E-state index contributed by atoms with van der Waals surface area (Å²) in [4.78, 5) is 14.7. The van der Waals surface area contributed by atoms with Crippen LogP contribution in [0.3, 0.4) is 0 Å². The van der Waals surface area contributed by atoms with E-state index in [9.17, 15) is 4.79 Å². The molecule has 0 saturated heterocycles. The third-order valence-electron chi connectivity index (χ3n) is 3.13. The summed E-state index contributed by atoms with van der Waals surface area (Å²) in [5.74, 6) is -0.0882. The van der Waals surface area contributed by atoms with Gasteiger partial charge in [0.25, 0.3) is 5.91 Å². The first-order chi connectivity index (χ1) is 10.0. The molecule has 116 valence electrons. The molecule has 0 aliphatic heterocycles. The zero-order valence-electron chi connectivity index (χ0n) is 12.7. The number of amides is 1. The molecule has 1 atom stereocenters. The van der Waals surface area contributed by atoms with Crippen molar-refractivity contribution in [1.82, 2.24) is 4.90 Å². The van der Waals surface area contributed by atoms with Gasteiger partial charge in [0.05, 0.1) is 19.3 Å². The molecule has 0 aliphatic carbocycles. The number of carbonyl (C=O) groups excluding carboxylic acids is 1. The first kappa shape index (κ1) is 17.6. The number of hydrogen-bond acceptors (Lipinski definition) is 4. The van der Waals surface area contributed by atoms with Crippen molar-refractivity contribution in [3.8, 4) is 0 Å². The van der Waals surface area contributed by atoms with Crippen molar-refractivity contribution in [3.63, 3.8) is 0 Å². The highest BCUT2D eigenvalue weighted by Crippen LogP contribution is 2.11. The third-order valence-corrected chi connectivity index (χ3v) is 3.37. The van der Waals surface area contributed by atoms with Gasteiger partial charge >= 0.3 is 0 Å². The quantitative estimate of drug-likeness (QED) is 0.736. The van der Waals surface area contributed by atoms with E-state index in [0.29, 0.717) is 30.9 Å². The number of nitrogens with two attached hydrogens (primary N) is 1. The fourth-order valence-electron chi connectivity index (χ4n) is 2.01. The Balaban J connectivity index is 2.98. The molecule has 1 rings (SSSR count). The van der Waals surface area contributed by atoms with Gasteiger partial charge in [0.1, 0.15) is 4.99 Å². The molecule has 1 amide bonds. The van der Waals surface area contributed by atoms with Crippen LogP contribution in [0, 0.1) is 0 Å². The van der Waals surface area contributed by atoms with Crippen molar-refractivity contribution in [2.45, 2.75) is 13.0 Å². The molecule has 21 heavy (non-hydrogen) atoms. The van der Waals surface area contributed by atoms with E-state index in [1.807, 2.05) is 6.92 Å². The Labute approximate surface area is 131 Å². The van der Waals surface area contributed by atoms with E-state index in [4.69, 9.17) is 27.4 Å². The van der Waals surface area contributed by atoms with Gasteiger partial charge in [-0.15, -0.1) is 0 Å². The van der Waals surface area contributed by atoms with Crippen LogP contribution in [-0.2, 0) is 9.47 Å². The Hall–Kier alpha value is -1.50. The maximum atomic E-state index is 12.7. The summed E-state index contributed by atoms with van der Waals surface area (Å²) < 4.78 is 10.2. The molecule has 6 heteroatoms. The van der Waals surface area contributed by atoms with E-state index >= 15 is 0 Å². The molecule has 1 unspecified atom stereocenters. The lowest BCUT2D eigenvalue weighted by atomic mass is 10.1. The van der Waals surface area contributed by atoms with Gasteiger partial charge in [-0.05, 0) is 19.1 Å². The lowest BCUT2D eigenvalue weighted by Crippen LogP contribution is -2.43. The number of carbonyl (C=O) groups is 1. The predicted molar refractivity (Wildman–Crippen MR) is 86.6 cm³/mol. The van der Waals surface area contributed by atoms with Gasteiger partial charge in [-0.1, -0.05) is 24.4 Å². The topological polar surface area (TPSA) is 64.8 Å². The van der Waals surface area contributed by atoms with Gasteiger partial charge in [-0.3, -0.25) is 4.79 Å². The van der Waals surface area contributed by atoms with Crippen LogP contribution < -0.4 is 5.73 Å². The van der Waals surface area contributed by atoms with Crippen molar-refractivity contribution in [2.24, 2.45) is 5.73 Å². The number of thiocarbonyl (C=S) groups is 1. The highest BCUT2D eigenvalue weighted by atomic mass is 32.1. The molecule has 0 aromatic heterocycles. The lowest BCUT2D eigenvalue weighted by Gasteiger charge is -2.28. The van der Waals surface area contributed by atoms with Gasteiger partial charge < -0.3 is 20.1 Å². The lowest BCUT2D eigenvalue weighted by molar-refractivity contribution is 0.0479. The second kappa shape index (κ2) is 8.71. The van der Waals surface area contributed by atoms with Crippen molar-refractivity contribution in [1.29, 1.82) is 0 Å². The summed E-state index contributed by atoms with van der Waals surface area (Å²) in [7, 11) is 3.22. The van der Waals surface area contributed by atoms with Crippen molar-refractivity contribution < 1.29 is 14.3 Å². The van der Waals surface area contributed by atoms with E-state index in [1.165, 1.54) is 0 Å². The van der Waals surface area contributed by atoms with Gasteiger partial charge in [0.15, 0.2) is 0 Å². The van der Waals surface area contributed by atoms with E-state index in [1.54, 1.807) is 43.4 Å². The largest absolute Gasteiger partial charge is 0.389 e. The number of hydrogen-bond donors (Lipinski definition) is 1. The van der Waals surface area contributed by atoms with Crippen molar-refractivity contribution in [3.05, 3.63) is 35.4 Å². The molecule has 0 bridgehead atoms. The van der Waals surface area contributed by atoms with Crippen molar-refractivity contribution in [2.75, 3.05) is 34.0 Å². The van der Waals surface area contributed by atoms with Crippen LogP contribution in [0.4, 0.5) is 0 Å². The SMILES string of the molecule is COCCN(C(=O)c1cccc(C(N)=S)c1)C(C)COC. The molecule has 0 radical (unpaired) electrons. The fraction of sp³-hybridized carbons (Fsp3) is 0.467. The average Bonchev–Trinajstić information content (AvgIpc) is 2.47. The monoisotopic (exact) mass is 310 g/mol. The van der Waals surface area contributed by atoms with Gasteiger partial charge in [0.2, 0.25) is 0 Å². The van der Waals surface area contributed by atoms with Crippen LogP contribution in [-0.4, -0.2) is 55.8 Å². The van der Waals surface area contributed by atoms with E-state index in [2.05, 4.69) is 0 Å². The molecule has 0 fully saturated rings. The number of nitrogens with zero attached hydrogens (tertiary/aromatic N) is 1. The summed E-state index contributed by atoms with van der Waals surface area (Å²) in [6.45, 7) is 3.37. The van der Waals surface area contributed by atoms with E-state index in [-0.39, 0.29) is 16.9 Å². The number of rotatable bonds is 8. The normalized spacial score (nSPS) is 12.0. The van der Waals surface area contributed by atoms with Gasteiger partial charge in [-0.25, -0.2) is 0 Å². The molecule has 0 aliphatic rings. The van der Waals surface area contributed by atoms with Crippen LogP contribution in [0.2, 0.25) is 0 Å². The van der Waals surface area contributed by atoms with Crippen LogP contribution in [0.15, 0.2) is 24.3 Å². The minimum absolute atomic E-state index is 0.0499. The molecule has 0 heterocycles. The second-order valence-corrected chi connectivity index (χ2v) is 5.18. The molecule has 1 aromatic rings. The summed E-state index contributed by atoms with van der Waals surface area (Å²) in [6, 6.07) is 6.98. The predicted octanol–water partition coefficient (Wildman–Crippen LogP) is 1.44. The first-order valence-corrected chi connectivity index (χ1v) is 7.10. The van der Waals surface area contributed by atoms with Crippen LogP contribution >= 0.6 is 12.2 Å². The molecular formula is C15H22N2O3S. The van der Waals surface area contributed by atoms with Gasteiger partial charge in [0, 0.05) is 31.9 Å². The molecule has 5 nitrogen and oxygen atoms in total. The Kier molecular flexibility index (Phi) is 7.28. The average molecular weight is 310 g/mol. The highest BCUT2D eigenvalue weighted by molar-refractivity contribution is 7.80. The maximum absolute atomic E-state index is 12.7. The molecular weight excluding hydrogens is 288 g/mol. The first-order valence-electron chi connectivity index (χ1n) is 6.70. The second-order valence-electron chi connectivity index (χ2n) is 4.74. The smallest absolute Gasteiger partial charge is 0.254 e. The Bertz CT molecular complexity index is 494. The van der Waals surface area contributed by atoms with Crippen LogP contribution in [0.1, 0.15) is 22.8 Å². The Morgan fingerprint density at radius 3 is 2.57 bits per heavy atom. The third kappa shape index (κ3) is 5.08. The maximum Gasteiger partial charge on any atom is 0.254 e. The Morgan fingerprint density at radius 1 is 1.33 bits per heavy atom. The molecule has 2 N–H and O–H groups in total. The summed E-state index contributed by atoms with van der Waals surface area (Å²) in [5, 5.41) is 0. The molecule has 0 spiro atoms. The number of methoxy groups -OCH3 is 2. The summed E-state index contributed by atoms with van der Waals surface area (Å²) in [6.07, 6.45) is 0. The standard InChI is InChI=1S/C15H22N2O3S/c1-11(10-20-3)17(7-8-19-2)15(18)13-6-4-5-12(9-13)14(16)21/h4-6,9,11H,7-8,10H2,1-3H3,(H2,16,21). The minimum Gasteiger partial charge on any atom is -0.389 e. The number of ether oxygens (including phenoxy) is 2. The van der Waals surface area contributed by atoms with E-state index in [0.717, 1.165) is 0 Å². The molecule has 1 aromatic carbocycles. The number of benzene rings is 1. The molecule has 0 saturated carbocycles. The van der Waals surface area contributed by atoms with Crippen LogP contribution in [0.5, 0.6) is 0 Å². The highest BCUT2D eigenvalue weighted by Gasteiger charge is 2.21. The zero-order chi connectivity index (χ0) is 15.8. The van der Waals surface area contributed by atoms with Crippen molar-refractivity contribution >= 4 is 23.1 Å². The summed E-state index contributed by atoms with van der Waals surface area (Å²) in [5.41, 5.74) is 6.85. The minimum atomic E-state index is -0.0882. The van der Waals surface area contributed by atoms with E-state index < -0.39 is 0 Å².